The predicted molar refractivity (Wildman–Crippen MR) is 125 cm³/mol. The number of aryl methyl sites for hydroxylation is 1. The number of rotatable bonds is 7. The van der Waals surface area contributed by atoms with Crippen molar-refractivity contribution in [3.05, 3.63) is 53.9 Å². The number of nitrogens with zero attached hydrogens (tertiary/aromatic N) is 3. The van der Waals surface area contributed by atoms with Gasteiger partial charge in [0.05, 0.1) is 24.7 Å². The topological polar surface area (TPSA) is 59.4 Å². The Balaban J connectivity index is 1.54. The fourth-order valence-corrected chi connectivity index (χ4v) is 4.22. The molecule has 1 saturated heterocycles. The van der Waals surface area contributed by atoms with E-state index in [1.54, 1.807) is 31.4 Å². The second-order valence-electron chi connectivity index (χ2n) is 8.52. The molecule has 6 heteroatoms. The molecule has 1 aliphatic rings. The third kappa shape index (κ3) is 4.90. The molecule has 1 amide bonds. The Labute approximate surface area is 184 Å². The number of carbonyl (C=O) groups is 1. The Morgan fingerprint density at radius 3 is 2.58 bits per heavy atom. The second kappa shape index (κ2) is 9.52. The van der Waals surface area contributed by atoms with E-state index in [9.17, 15) is 4.79 Å². The highest BCUT2D eigenvalue weighted by molar-refractivity contribution is 6.05. The average molecular weight is 421 g/mol. The van der Waals surface area contributed by atoms with Gasteiger partial charge in [-0.2, -0.15) is 0 Å². The van der Waals surface area contributed by atoms with Gasteiger partial charge in [0.1, 0.15) is 11.6 Å². The molecule has 2 heterocycles. The van der Waals surface area contributed by atoms with Gasteiger partial charge in [0.15, 0.2) is 0 Å². The Morgan fingerprint density at radius 2 is 1.90 bits per heavy atom. The Kier molecular flexibility index (Phi) is 6.56. The molecule has 1 N–H and O–H groups in total. The van der Waals surface area contributed by atoms with Crippen LogP contribution in [0.1, 0.15) is 49.3 Å². The van der Waals surface area contributed by atoms with Crippen molar-refractivity contribution in [2.75, 3.05) is 25.5 Å². The first kappa shape index (κ1) is 21.4. The van der Waals surface area contributed by atoms with Gasteiger partial charge in [-0.1, -0.05) is 13.8 Å². The first-order valence-electron chi connectivity index (χ1n) is 11.2. The van der Waals surface area contributed by atoms with E-state index in [0.29, 0.717) is 5.56 Å². The van der Waals surface area contributed by atoms with Crippen molar-refractivity contribution in [3.63, 3.8) is 0 Å². The molecule has 0 saturated carbocycles. The molecule has 0 bridgehead atoms. The van der Waals surface area contributed by atoms with E-state index in [0.717, 1.165) is 66.8 Å². The number of benzene rings is 2. The third-order valence-corrected chi connectivity index (χ3v) is 6.13. The van der Waals surface area contributed by atoms with Gasteiger partial charge in [0.2, 0.25) is 0 Å². The van der Waals surface area contributed by atoms with Crippen LogP contribution in [-0.2, 0) is 13.1 Å². The first-order valence-corrected chi connectivity index (χ1v) is 11.2. The zero-order chi connectivity index (χ0) is 21.8. The summed E-state index contributed by atoms with van der Waals surface area (Å²) in [6.07, 6.45) is 3.58. The van der Waals surface area contributed by atoms with E-state index < -0.39 is 0 Å². The Hall–Kier alpha value is -2.86. The highest BCUT2D eigenvalue weighted by Gasteiger charge is 2.19. The van der Waals surface area contributed by atoms with Crippen LogP contribution in [0.5, 0.6) is 5.75 Å². The van der Waals surface area contributed by atoms with Crippen LogP contribution in [-0.4, -0.2) is 40.6 Å². The summed E-state index contributed by atoms with van der Waals surface area (Å²) in [6.45, 7) is 8.65. The number of hydrogen-bond donors (Lipinski definition) is 1. The fraction of sp³-hybridized carbons (Fsp3) is 0.440. The molecule has 4 rings (SSSR count). The van der Waals surface area contributed by atoms with Gasteiger partial charge in [0, 0.05) is 17.8 Å². The smallest absolute Gasteiger partial charge is 0.255 e. The summed E-state index contributed by atoms with van der Waals surface area (Å²) >= 11 is 0. The number of likely N-dealkylation sites (tertiary alicyclic amines) is 1. The summed E-state index contributed by atoms with van der Waals surface area (Å²) in [4.78, 5) is 20.1. The number of nitrogens with one attached hydrogen (secondary N) is 1. The van der Waals surface area contributed by atoms with E-state index >= 15 is 0 Å². The average Bonchev–Trinajstić information content (AvgIpc) is 3.12. The molecule has 6 nitrogen and oxygen atoms in total. The number of carbonyl (C=O) groups excluding carboxylic acids is 1. The molecular formula is C25H32N4O2. The second-order valence-corrected chi connectivity index (χ2v) is 8.52. The molecule has 0 unspecified atom stereocenters. The standard InChI is InChI=1S/C25H32N4O2/c1-4-13-29-23-10-7-20(26-25(30)19-5-8-21(31-3)9-6-19)16-22(23)27-24(29)17-28-14-11-18(2)12-15-28/h5-10,16,18H,4,11-15,17H2,1-3H3,(H,26,30). The highest BCUT2D eigenvalue weighted by Crippen LogP contribution is 2.24. The van der Waals surface area contributed by atoms with Gasteiger partial charge in [-0.15, -0.1) is 0 Å². The summed E-state index contributed by atoms with van der Waals surface area (Å²) < 4.78 is 7.50. The molecule has 0 aliphatic carbocycles. The van der Waals surface area contributed by atoms with E-state index in [1.807, 2.05) is 12.1 Å². The van der Waals surface area contributed by atoms with Gasteiger partial charge in [-0.3, -0.25) is 9.69 Å². The number of anilines is 1. The lowest BCUT2D eigenvalue weighted by Crippen LogP contribution is -2.33. The zero-order valence-corrected chi connectivity index (χ0v) is 18.7. The number of hydrogen-bond acceptors (Lipinski definition) is 4. The molecule has 1 aliphatic heterocycles. The lowest BCUT2D eigenvalue weighted by Gasteiger charge is -2.29. The summed E-state index contributed by atoms with van der Waals surface area (Å²) in [5, 5.41) is 3.00. The van der Waals surface area contributed by atoms with Crippen molar-refractivity contribution in [3.8, 4) is 5.75 Å². The summed E-state index contributed by atoms with van der Waals surface area (Å²) in [5.41, 5.74) is 3.41. The number of piperidine rings is 1. The van der Waals surface area contributed by atoms with Crippen LogP contribution in [0.15, 0.2) is 42.5 Å². The van der Waals surface area contributed by atoms with E-state index in [-0.39, 0.29) is 5.91 Å². The number of imidazole rings is 1. The lowest BCUT2D eigenvalue weighted by molar-refractivity contribution is 0.102. The minimum atomic E-state index is -0.141. The quantitative estimate of drug-likeness (QED) is 0.588. The summed E-state index contributed by atoms with van der Waals surface area (Å²) in [6, 6.07) is 13.1. The van der Waals surface area contributed by atoms with Crippen molar-refractivity contribution in [1.82, 2.24) is 14.5 Å². The Bertz CT molecular complexity index is 1030. The first-order chi connectivity index (χ1) is 15.1. The van der Waals surface area contributed by atoms with Gasteiger partial charge >= 0.3 is 0 Å². The fourth-order valence-electron chi connectivity index (χ4n) is 4.22. The van der Waals surface area contributed by atoms with Gasteiger partial charge in [0.25, 0.3) is 5.91 Å². The van der Waals surface area contributed by atoms with Crippen LogP contribution < -0.4 is 10.1 Å². The van der Waals surface area contributed by atoms with Crippen LogP contribution in [0.25, 0.3) is 11.0 Å². The van der Waals surface area contributed by atoms with Crippen molar-refractivity contribution < 1.29 is 9.53 Å². The van der Waals surface area contributed by atoms with Crippen molar-refractivity contribution >= 4 is 22.6 Å². The largest absolute Gasteiger partial charge is 0.497 e. The van der Waals surface area contributed by atoms with E-state index in [2.05, 4.69) is 34.7 Å². The van der Waals surface area contributed by atoms with Crippen LogP contribution in [0.4, 0.5) is 5.69 Å². The minimum absolute atomic E-state index is 0.141. The van der Waals surface area contributed by atoms with E-state index in [1.165, 1.54) is 12.8 Å². The van der Waals surface area contributed by atoms with Crippen LogP contribution in [0.3, 0.4) is 0 Å². The number of fused-ring (bicyclic) bond motifs is 1. The number of methoxy groups -OCH3 is 1. The van der Waals surface area contributed by atoms with Gasteiger partial charge < -0.3 is 14.6 Å². The molecule has 1 fully saturated rings. The molecule has 2 aromatic carbocycles. The van der Waals surface area contributed by atoms with E-state index in [4.69, 9.17) is 9.72 Å². The van der Waals surface area contributed by atoms with Crippen LogP contribution in [0, 0.1) is 5.92 Å². The monoisotopic (exact) mass is 420 g/mol. The molecule has 0 atom stereocenters. The Morgan fingerprint density at radius 1 is 1.16 bits per heavy atom. The maximum atomic E-state index is 12.6. The van der Waals surface area contributed by atoms with Gasteiger partial charge in [-0.25, -0.2) is 4.98 Å². The van der Waals surface area contributed by atoms with Crippen molar-refractivity contribution in [2.45, 2.75) is 46.2 Å². The molecule has 1 aromatic heterocycles. The lowest BCUT2D eigenvalue weighted by atomic mass is 9.99. The van der Waals surface area contributed by atoms with Crippen LogP contribution >= 0.6 is 0 Å². The highest BCUT2D eigenvalue weighted by atomic mass is 16.5. The normalized spacial score (nSPS) is 15.3. The number of amides is 1. The maximum absolute atomic E-state index is 12.6. The van der Waals surface area contributed by atoms with Crippen molar-refractivity contribution in [2.24, 2.45) is 5.92 Å². The SMILES string of the molecule is CCCn1c(CN2CCC(C)CC2)nc2cc(NC(=O)c3ccc(OC)cc3)ccc21. The number of aromatic nitrogens is 2. The molecule has 164 valence electrons. The molecule has 3 aromatic rings. The summed E-state index contributed by atoms with van der Waals surface area (Å²) in [5.74, 6) is 2.53. The molecule has 0 spiro atoms. The third-order valence-electron chi connectivity index (χ3n) is 6.13. The predicted octanol–water partition coefficient (Wildman–Crippen LogP) is 4.94. The maximum Gasteiger partial charge on any atom is 0.255 e. The number of ether oxygens (including phenoxy) is 1. The van der Waals surface area contributed by atoms with Crippen molar-refractivity contribution in [1.29, 1.82) is 0 Å². The van der Waals surface area contributed by atoms with Gasteiger partial charge in [-0.05, 0) is 80.7 Å². The molecule has 31 heavy (non-hydrogen) atoms. The minimum Gasteiger partial charge on any atom is -0.497 e. The zero-order valence-electron chi connectivity index (χ0n) is 18.7. The molecule has 0 radical (unpaired) electrons. The van der Waals surface area contributed by atoms with Crippen LogP contribution in [0.2, 0.25) is 0 Å². The molecular weight excluding hydrogens is 388 g/mol. The summed E-state index contributed by atoms with van der Waals surface area (Å²) in [7, 11) is 1.61.